The highest BCUT2D eigenvalue weighted by Crippen LogP contribution is 2.39. The van der Waals surface area contributed by atoms with Crippen molar-refractivity contribution in [3.63, 3.8) is 0 Å². The van der Waals surface area contributed by atoms with Gasteiger partial charge in [-0.2, -0.15) is 0 Å². The molecule has 1 aromatic heterocycles. The number of aromatic nitrogens is 1. The van der Waals surface area contributed by atoms with Crippen molar-refractivity contribution in [2.24, 2.45) is 0 Å². The summed E-state index contributed by atoms with van der Waals surface area (Å²) in [7, 11) is 1.61. The van der Waals surface area contributed by atoms with E-state index in [-0.39, 0.29) is 17.6 Å². The molecule has 3 aromatic rings. The number of hydrogen-bond donors (Lipinski definition) is 2. The van der Waals surface area contributed by atoms with Crippen LogP contribution in [0.15, 0.2) is 64.1 Å². The molecular formula is C21H19BrFN3O2S. The van der Waals surface area contributed by atoms with Gasteiger partial charge in [0.25, 0.3) is 0 Å². The maximum absolute atomic E-state index is 14.2. The first-order valence-corrected chi connectivity index (χ1v) is 10.6. The Labute approximate surface area is 180 Å². The SMILES string of the molecule is COc1ccc([C@@H]2Nn3c(C)ccc3S[C@@H]2C(=O)Nc2ccc(Br)cc2F)cc1. The van der Waals surface area contributed by atoms with Crippen molar-refractivity contribution in [2.75, 3.05) is 17.9 Å². The fraction of sp³-hybridized carbons (Fsp3) is 0.190. The van der Waals surface area contributed by atoms with E-state index in [2.05, 4.69) is 26.7 Å². The summed E-state index contributed by atoms with van der Waals surface area (Å²) in [5, 5.41) is 3.18. The quantitative estimate of drug-likeness (QED) is 0.550. The Bertz CT molecular complexity index is 1050. The van der Waals surface area contributed by atoms with Crippen molar-refractivity contribution in [3.05, 3.63) is 76.1 Å². The van der Waals surface area contributed by atoms with Gasteiger partial charge in [-0.1, -0.05) is 39.8 Å². The Morgan fingerprint density at radius 1 is 1.21 bits per heavy atom. The zero-order chi connectivity index (χ0) is 20.5. The van der Waals surface area contributed by atoms with E-state index in [1.165, 1.54) is 17.8 Å². The number of aryl methyl sites for hydroxylation is 1. The molecule has 0 spiro atoms. The number of rotatable bonds is 4. The van der Waals surface area contributed by atoms with Crippen LogP contribution in [0.25, 0.3) is 0 Å². The minimum atomic E-state index is -0.492. The molecule has 2 atom stereocenters. The van der Waals surface area contributed by atoms with Gasteiger partial charge >= 0.3 is 0 Å². The minimum absolute atomic E-state index is 0.157. The number of nitrogens with one attached hydrogen (secondary N) is 2. The number of nitrogens with zero attached hydrogens (tertiary/aromatic N) is 1. The molecule has 0 unspecified atom stereocenters. The highest BCUT2D eigenvalue weighted by atomic mass is 79.9. The summed E-state index contributed by atoms with van der Waals surface area (Å²) < 4.78 is 22.1. The Balaban J connectivity index is 1.66. The summed E-state index contributed by atoms with van der Waals surface area (Å²) in [5.74, 6) is -0.00987. The molecule has 4 rings (SSSR count). The fourth-order valence-electron chi connectivity index (χ4n) is 3.24. The third-order valence-corrected chi connectivity index (χ3v) is 6.57. The van der Waals surface area contributed by atoms with Crippen molar-refractivity contribution in [2.45, 2.75) is 23.2 Å². The molecule has 2 heterocycles. The van der Waals surface area contributed by atoms with Crippen LogP contribution in [0.1, 0.15) is 17.3 Å². The van der Waals surface area contributed by atoms with E-state index in [1.54, 1.807) is 19.2 Å². The Morgan fingerprint density at radius 3 is 2.66 bits per heavy atom. The smallest absolute Gasteiger partial charge is 0.240 e. The monoisotopic (exact) mass is 475 g/mol. The Hall–Kier alpha value is -2.45. The van der Waals surface area contributed by atoms with Crippen molar-refractivity contribution >= 4 is 39.3 Å². The molecule has 0 radical (unpaired) electrons. The van der Waals surface area contributed by atoms with Crippen molar-refractivity contribution in [1.29, 1.82) is 0 Å². The van der Waals surface area contributed by atoms with Crippen LogP contribution in [-0.2, 0) is 4.79 Å². The topological polar surface area (TPSA) is 55.3 Å². The van der Waals surface area contributed by atoms with Crippen LogP contribution >= 0.6 is 27.7 Å². The number of carbonyl (C=O) groups excluding carboxylic acids is 1. The Morgan fingerprint density at radius 2 is 1.97 bits per heavy atom. The molecule has 0 aliphatic carbocycles. The van der Waals surface area contributed by atoms with Gasteiger partial charge in [-0.05, 0) is 55.0 Å². The van der Waals surface area contributed by atoms with Crippen LogP contribution < -0.4 is 15.5 Å². The number of amides is 1. The van der Waals surface area contributed by atoms with E-state index in [0.717, 1.165) is 22.0 Å². The molecule has 8 heteroatoms. The van der Waals surface area contributed by atoms with Crippen LogP contribution in [0.4, 0.5) is 10.1 Å². The van der Waals surface area contributed by atoms with Gasteiger partial charge in [-0.3, -0.25) is 9.47 Å². The summed E-state index contributed by atoms with van der Waals surface area (Å²) in [6, 6.07) is 15.8. The lowest BCUT2D eigenvalue weighted by Gasteiger charge is -2.34. The molecule has 1 amide bonds. The lowest BCUT2D eigenvalue weighted by atomic mass is 10.0. The van der Waals surface area contributed by atoms with E-state index in [4.69, 9.17) is 4.74 Å². The fourth-order valence-corrected chi connectivity index (χ4v) is 4.80. The van der Waals surface area contributed by atoms with Gasteiger partial charge < -0.3 is 15.5 Å². The summed E-state index contributed by atoms with van der Waals surface area (Å²) >= 11 is 4.68. The minimum Gasteiger partial charge on any atom is -0.497 e. The third-order valence-electron chi connectivity index (χ3n) is 4.78. The molecule has 1 aliphatic rings. The maximum atomic E-state index is 14.2. The van der Waals surface area contributed by atoms with E-state index < -0.39 is 11.1 Å². The number of ether oxygens (including phenoxy) is 1. The molecule has 150 valence electrons. The van der Waals surface area contributed by atoms with Gasteiger partial charge in [0.1, 0.15) is 16.8 Å². The lowest BCUT2D eigenvalue weighted by Crippen LogP contribution is -2.41. The maximum Gasteiger partial charge on any atom is 0.240 e. The van der Waals surface area contributed by atoms with Gasteiger partial charge in [0.2, 0.25) is 5.91 Å². The molecule has 0 fully saturated rings. The first-order chi connectivity index (χ1) is 14.0. The van der Waals surface area contributed by atoms with Crippen molar-refractivity contribution in [1.82, 2.24) is 4.68 Å². The van der Waals surface area contributed by atoms with Gasteiger partial charge in [-0.25, -0.2) is 4.39 Å². The molecule has 1 aliphatic heterocycles. The summed E-state index contributed by atoms with van der Waals surface area (Å²) in [5.41, 5.74) is 5.57. The molecule has 2 N–H and O–H groups in total. The number of anilines is 1. The number of hydrogen-bond acceptors (Lipinski definition) is 4. The largest absolute Gasteiger partial charge is 0.497 e. The number of fused-ring (bicyclic) bond motifs is 1. The molecular weight excluding hydrogens is 457 g/mol. The van der Waals surface area contributed by atoms with Crippen molar-refractivity contribution in [3.8, 4) is 5.75 Å². The highest BCUT2D eigenvalue weighted by molar-refractivity contribution is 9.10. The predicted octanol–water partition coefficient (Wildman–Crippen LogP) is 5.10. The second-order valence-corrected chi connectivity index (χ2v) is 8.76. The predicted molar refractivity (Wildman–Crippen MR) is 117 cm³/mol. The van der Waals surface area contributed by atoms with E-state index in [9.17, 15) is 9.18 Å². The normalized spacial score (nSPS) is 17.9. The second kappa shape index (κ2) is 8.12. The molecule has 0 bridgehead atoms. The van der Waals surface area contributed by atoms with E-state index in [0.29, 0.717) is 4.47 Å². The lowest BCUT2D eigenvalue weighted by molar-refractivity contribution is -0.116. The van der Waals surface area contributed by atoms with E-state index in [1.807, 2.05) is 48.0 Å². The Kier molecular flexibility index (Phi) is 5.56. The van der Waals surface area contributed by atoms with Crippen molar-refractivity contribution < 1.29 is 13.9 Å². The average molecular weight is 476 g/mol. The number of benzene rings is 2. The molecule has 0 saturated carbocycles. The standard InChI is InChI=1S/C21H19BrFN3O2S/c1-12-3-10-18-26(12)25-19(13-4-7-15(28-2)8-5-13)20(29-18)21(27)24-17-9-6-14(22)11-16(17)23/h3-11,19-20,25H,1-2H3,(H,24,27)/t19-,20-/m0/s1. The molecule has 5 nitrogen and oxygen atoms in total. The number of carbonyl (C=O) groups is 1. The first kappa shape index (κ1) is 19.8. The van der Waals surface area contributed by atoms with Crippen LogP contribution in [0.5, 0.6) is 5.75 Å². The zero-order valence-electron chi connectivity index (χ0n) is 15.8. The third kappa shape index (κ3) is 4.00. The summed E-state index contributed by atoms with van der Waals surface area (Å²) in [6.45, 7) is 2.00. The van der Waals surface area contributed by atoms with Gasteiger partial charge in [0, 0.05) is 10.2 Å². The van der Waals surface area contributed by atoms with Crippen LogP contribution in [0.3, 0.4) is 0 Å². The van der Waals surface area contributed by atoms with Gasteiger partial charge in [0.15, 0.2) is 0 Å². The van der Waals surface area contributed by atoms with Gasteiger partial charge in [-0.15, -0.1) is 0 Å². The van der Waals surface area contributed by atoms with Crippen LogP contribution in [0.2, 0.25) is 0 Å². The van der Waals surface area contributed by atoms with Crippen LogP contribution in [-0.4, -0.2) is 22.9 Å². The summed E-state index contributed by atoms with van der Waals surface area (Å²) in [4.78, 5) is 13.1. The molecule has 0 saturated heterocycles. The van der Waals surface area contributed by atoms with Crippen LogP contribution in [0, 0.1) is 12.7 Å². The average Bonchev–Trinajstić information content (AvgIpc) is 3.09. The number of thioether (sulfide) groups is 1. The number of methoxy groups -OCH3 is 1. The molecule has 29 heavy (non-hydrogen) atoms. The second-order valence-electron chi connectivity index (χ2n) is 6.68. The first-order valence-electron chi connectivity index (χ1n) is 8.97. The number of halogens is 2. The molecule has 2 aromatic carbocycles. The highest BCUT2D eigenvalue weighted by Gasteiger charge is 2.36. The van der Waals surface area contributed by atoms with E-state index >= 15 is 0 Å². The van der Waals surface area contributed by atoms with Gasteiger partial charge in [0.05, 0.1) is 23.9 Å². The summed E-state index contributed by atoms with van der Waals surface area (Å²) in [6.07, 6.45) is 0. The zero-order valence-corrected chi connectivity index (χ0v) is 18.2.